The van der Waals surface area contributed by atoms with E-state index in [1.54, 1.807) is 18.3 Å². The predicted octanol–water partition coefficient (Wildman–Crippen LogP) is 3.47. The standard InChI is InChI=1S/C15H15NO3S/c1-2-19-13-8-4-3-6-11(13)10-20-14-12(15(17)18)7-5-9-16-14/h3-9H,2,10H2,1H3,(H,17,18). The predicted molar refractivity (Wildman–Crippen MR) is 78.4 cm³/mol. The molecule has 1 aromatic heterocycles. The van der Waals surface area contributed by atoms with Crippen LogP contribution in [0.25, 0.3) is 0 Å². The number of ether oxygens (including phenoxy) is 1. The summed E-state index contributed by atoms with van der Waals surface area (Å²) in [5, 5.41) is 9.64. The molecule has 20 heavy (non-hydrogen) atoms. The maximum atomic E-state index is 11.1. The number of rotatable bonds is 6. The van der Waals surface area contributed by atoms with Gasteiger partial charge in [0, 0.05) is 17.5 Å². The van der Waals surface area contributed by atoms with Crippen LogP contribution in [0.1, 0.15) is 22.8 Å². The van der Waals surface area contributed by atoms with E-state index in [1.165, 1.54) is 11.8 Å². The van der Waals surface area contributed by atoms with E-state index >= 15 is 0 Å². The molecular weight excluding hydrogens is 274 g/mol. The van der Waals surface area contributed by atoms with Crippen molar-refractivity contribution < 1.29 is 14.6 Å². The summed E-state index contributed by atoms with van der Waals surface area (Å²) in [6.45, 7) is 2.54. The van der Waals surface area contributed by atoms with E-state index in [1.807, 2.05) is 31.2 Å². The third-order valence-electron chi connectivity index (χ3n) is 2.64. The lowest BCUT2D eigenvalue weighted by Crippen LogP contribution is -2.01. The second-order valence-electron chi connectivity index (χ2n) is 3.99. The molecule has 0 fully saturated rings. The Bertz CT molecular complexity index is 601. The number of carbonyl (C=O) groups is 1. The molecule has 2 rings (SSSR count). The third kappa shape index (κ3) is 3.51. The molecule has 1 heterocycles. The first-order valence-corrected chi connectivity index (χ1v) is 7.22. The molecule has 0 unspecified atom stereocenters. The highest BCUT2D eigenvalue weighted by Gasteiger charge is 2.12. The zero-order valence-electron chi connectivity index (χ0n) is 11.1. The number of hydrogen-bond acceptors (Lipinski definition) is 4. The molecule has 0 bridgehead atoms. The number of aromatic carboxylic acids is 1. The topological polar surface area (TPSA) is 59.4 Å². The lowest BCUT2D eigenvalue weighted by atomic mass is 10.2. The van der Waals surface area contributed by atoms with Crippen molar-refractivity contribution in [1.82, 2.24) is 4.98 Å². The van der Waals surface area contributed by atoms with Crippen molar-refractivity contribution in [2.45, 2.75) is 17.7 Å². The van der Waals surface area contributed by atoms with Crippen LogP contribution in [-0.4, -0.2) is 22.7 Å². The number of carboxylic acids is 1. The second kappa shape index (κ2) is 6.96. The monoisotopic (exact) mass is 289 g/mol. The second-order valence-corrected chi connectivity index (χ2v) is 4.95. The summed E-state index contributed by atoms with van der Waals surface area (Å²) in [6.07, 6.45) is 1.60. The molecule has 0 radical (unpaired) electrons. The van der Waals surface area contributed by atoms with E-state index in [9.17, 15) is 4.79 Å². The number of para-hydroxylation sites is 1. The number of aromatic nitrogens is 1. The van der Waals surface area contributed by atoms with Crippen molar-refractivity contribution >= 4 is 17.7 Å². The van der Waals surface area contributed by atoms with Crippen LogP contribution in [0.4, 0.5) is 0 Å². The molecule has 0 aliphatic rings. The normalized spacial score (nSPS) is 10.2. The van der Waals surface area contributed by atoms with Crippen molar-refractivity contribution in [3.63, 3.8) is 0 Å². The summed E-state index contributed by atoms with van der Waals surface area (Å²) in [5.41, 5.74) is 1.26. The van der Waals surface area contributed by atoms with Gasteiger partial charge in [-0.15, -0.1) is 11.8 Å². The number of pyridine rings is 1. The van der Waals surface area contributed by atoms with Gasteiger partial charge in [0.05, 0.1) is 12.2 Å². The van der Waals surface area contributed by atoms with Gasteiger partial charge >= 0.3 is 5.97 Å². The largest absolute Gasteiger partial charge is 0.494 e. The molecule has 5 heteroatoms. The van der Waals surface area contributed by atoms with Gasteiger partial charge in [-0.25, -0.2) is 9.78 Å². The molecular formula is C15H15NO3S. The van der Waals surface area contributed by atoms with Gasteiger partial charge in [0.1, 0.15) is 10.8 Å². The average Bonchev–Trinajstić information content (AvgIpc) is 2.47. The van der Waals surface area contributed by atoms with Crippen LogP contribution in [0.3, 0.4) is 0 Å². The molecule has 2 aromatic rings. The molecule has 0 aliphatic carbocycles. The van der Waals surface area contributed by atoms with Crippen LogP contribution in [0.15, 0.2) is 47.6 Å². The molecule has 0 saturated carbocycles. The number of carboxylic acid groups (broad SMARTS) is 1. The Hall–Kier alpha value is -2.01. The van der Waals surface area contributed by atoms with Gasteiger partial charge in [-0.1, -0.05) is 18.2 Å². The van der Waals surface area contributed by atoms with Crippen LogP contribution in [-0.2, 0) is 5.75 Å². The number of hydrogen-bond donors (Lipinski definition) is 1. The fourth-order valence-electron chi connectivity index (χ4n) is 1.73. The SMILES string of the molecule is CCOc1ccccc1CSc1ncccc1C(=O)O. The summed E-state index contributed by atoms with van der Waals surface area (Å²) in [7, 11) is 0. The van der Waals surface area contributed by atoms with E-state index < -0.39 is 5.97 Å². The molecule has 4 nitrogen and oxygen atoms in total. The maximum Gasteiger partial charge on any atom is 0.338 e. The van der Waals surface area contributed by atoms with Crippen LogP contribution >= 0.6 is 11.8 Å². The van der Waals surface area contributed by atoms with Crippen molar-refractivity contribution in [2.75, 3.05) is 6.61 Å². The summed E-state index contributed by atoms with van der Waals surface area (Å²) in [6, 6.07) is 10.9. The fourth-order valence-corrected chi connectivity index (χ4v) is 2.71. The molecule has 1 N–H and O–H groups in total. The van der Waals surface area contributed by atoms with Crippen LogP contribution in [0.2, 0.25) is 0 Å². The fraction of sp³-hybridized carbons (Fsp3) is 0.200. The summed E-state index contributed by atoms with van der Waals surface area (Å²) < 4.78 is 5.55. The minimum absolute atomic E-state index is 0.228. The van der Waals surface area contributed by atoms with Crippen molar-refractivity contribution in [3.8, 4) is 5.75 Å². The van der Waals surface area contributed by atoms with Gasteiger partial charge in [-0.3, -0.25) is 0 Å². The first-order valence-electron chi connectivity index (χ1n) is 6.24. The smallest absolute Gasteiger partial charge is 0.338 e. The van der Waals surface area contributed by atoms with Gasteiger partial charge in [-0.05, 0) is 25.1 Å². The minimum Gasteiger partial charge on any atom is -0.494 e. The average molecular weight is 289 g/mol. The number of benzene rings is 1. The molecule has 104 valence electrons. The van der Waals surface area contributed by atoms with Crippen LogP contribution in [0.5, 0.6) is 5.75 Å². The summed E-state index contributed by atoms with van der Waals surface area (Å²) >= 11 is 1.40. The molecule has 0 aliphatic heterocycles. The third-order valence-corrected chi connectivity index (χ3v) is 3.69. The number of nitrogens with zero attached hydrogens (tertiary/aromatic N) is 1. The quantitative estimate of drug-likeness (QED) is 0.825. The minimum atomic E-state index is -0.960. The Morgan fingerprint density at radius 3 is 2.85 bits per heavy atom. The van der Waals surface area contributed by atoms with Crippen LogP contribution in [0, 0.1) is 0 Å². The highest BCUT2D eigenvalue weighted by Crippen LogP contribution is 2.28. The Labute approximate surface area is 121 Å². The lowest BCUT2D eigenvalue weighted by Gasteiger charge is -2.10. The first-order chi connectivity index (χ1) is 9.72. The highest BCUT2D eigenvalue weighted by molar-refractivity contribution is 7.98. The van der Waals surface area contributed by atoms with Crippen molar-refractivity contribution in [3.05, 3.63) is 53.7 Å². The molecule has 1 aromatic carbocycles. The molecule has 0 saturated heterocycles. The van der Waals surface area contributed by atoms with E-state index in [4.69, 9.17) is 9.84 Å². The zero-order valence-corrected chi connectivity index (χ0v) is 11.9. The van der Waals surface area contributed by atoms with E-state index in [0.29, 0.717) is 17.4 Å². The Kier molecular flexibility index (Phi) is 5.01. The highest BCUT2D eigenvalue weighted by atomic mass is 32.2. The maximum absolute atomic E-state index is 11.1. The first kappa shape index (κ1) is 14.4. The number of thioether (sulfide) groups is 1. The van der Waals surface area contributed by atoms with Gasteiger partial charge < -0.3 is 9.84 Å². The Morgan fingerprint density at radius 2 is 2.10 bits per heavy atom. The summed E-state index contributed by atoms with van der Waals surface area (Å²) in [5.74, 6) is 0.488. The van der Waals surface area contributed by atoms with Gasteiger partial charge in [0.15, 0.2) is 0 Å². The molecule has 0 spiro atoms. The molecule has 0 atom stereocenters. The lowest BCUT2D eigenvalue weighted by molar-refractivity contribution is 0.0692. The van der Waals surface area contributed by atoms with E-state index in [0.717, 1.165) is 11.3 Å². The Balaban J connectivity index is 2.15. The molecule has 0 amide bonds. The van der Waals surface area contributed by atoms with Crippen molar-refractivity contribution in [1.29, 1.82) is 0 Å². The van der Waals surface area contributed by atoms with Crippen LogP contribution < -0.4 is 4.74 Å². The van der Waals surface area contributed by atoms with E-state index in [-0.39, 0.29) is 5.56 Å². The summed E-state index contributed by atoms with van der Waals surface area (Å²) in [4.78, 5) is 15.3. The van der Waals surface area contributed by atoms with Gasteiger partial charge in [-0.2, -0.15) is 0 Å². The Morgan fingerprint density at radius 1 is 1.30 bits per heavy atom. The van der Waals surface area contributed by atoms with Gasteiger partial charge in [0.2, 0.25) is 0 Å². The van der Waals surface area contributed by atoms with E-state index in [2.05, 4.69) is 4.98 Å². The van der Waals surface area contributed by atoms with Gasteiger partial charge in [0.25, 0.3) is 0 Å². The zero-order chi connectivity index (χ0) is 14.4. The van der Waals surface area contributed by atoms with Crippen molar-refractivity contribution in [2.24, 2.45) is 0 Å².